The molecular weight excluding hydrogens is 444 g/mol. The topological polar surface area (TPSA) is 95.9 Å². The van der Waals surface area contributed by atoms with Crippen molar-refractivity contribution in [2.45, 2.75) is 50.5 Å². The van der Waals surface area contributed by atoms with E-state index < -0.39 is 12.1 Å². The molecule has 0 aromatic heterocycles. The number of amides is 2. The van der Waals surface area contributed by atoms with Crippen LogP contribution in [0.5, 0.6) is 0 Å². The predicted molar refractivity (Wildman–Crippen MR) is 131 cm³/mol. The van der Waals surface area contributed by atoms with Crippen molar-refractivity contribution in [2.75, 3.05) is 19.7 Å². The summed E-state index contributed by atoms with van der Waals surface area (Å²) in [6.45, 7) is 1.16. The highest BCUT2D eigenvalue weighted by molar-refractivity contribution is 5.80. The molecule has 2 amide bonds. The number of likely N-dealkylation sites (tertiary alicyclic amines) is 1. The Morgan fingerprint density at radius 2 is 1.54 bits per heavy atom. The summed E-state index contributed by atoms with van der Waals surface area (Å²) in [5.74, 6) is -0.921. The van der Waals surface area contributed by atoms with Gasteiger partial charge >= 0.3 is 12.1 Å². The number of carboxylic acid groups (broad SMARTS) is 1. The third-order valence-corrected chi connectivity index (χ3v) is 7.96. The van der Waals surface area contributed by atoms with Crippen LogP contribution in [0.15, 0.2) is 48.5 Å². The molecule has 7 heteroatoms. The van der Waals surface area contributed by atoms with Crippen molar-refractivity contribution in [3.8, 4) is 11.1 Å². The van der Waals surface area contributed by atoms with Gasteiger partial charge in [-0.25, -0.2) is 4.79 Å². The molecule has 3 aliphatic rings. The molecule has 1 atom stereocenters. The number of rotatable bonds is 7. The van der Waals surface area contributed by atoms with Crippen molar-refractivity contribution < 1.29 is 24.2 Å². The molecule has 2 fully saturated rings. The number of ether oxygens (including phenoxy) is 1. The van der Waals surface area contributed by atoms with Crippen LogP contribution in [0, 0.1) is 11.8 Å². The van der Waals surface area contributed by atoms with Crippen molar-refractivity contribution in [3.63, 3.8) is 0 Å². The van der Waals surface area contributed by atoms with Crippen LogP contribution in [-0.4, -0.2) is 53.7 Å². The minimum Gasteiger partial charge on any atom is -0.481 e. The summed E-state index contributed by atoms with van der Waals surface area (Å²) in [4.78, 5) is 38.7. The number of alkyl carbamates (subject to hydrolysis) is 1. The highest BCUT2D eigenvalue weighted by Crippen LogP contribution is 2.44. The number of carbonyl (C=O) groups excluding carboxylic acids is 2. The first-order valence-electron chi connectivity index (χ1n) is 12.6. The fourth-order valence-electron chi connectivity index (χ4n) is 5.66. The smallest absolute Gasteiger partial charge is 0.407 e. The first-order valence-corrected chi connectivity index (χ1v) is 12.6. The maximum atomic E-state index is 12.9. The van der Waals surface area contributed by atoms with Crippen molar-refractivity contribution in [1.82, 2.24) is 10.2 Å². The Kier molecular flexibility index (Phi) is 6.75. The van der Waals surface area contributed by atoms with E-state index in [0.29, 0.717) is 25.9 Å². The van der Waals surface area contributed by atoms with Gasteiger partial charge in [0.05, 0.1) is 5.92 Å². The van der Waals surface area contributed by atoms with E-state index in [4.69, 9.17) is 4.74 Å². The molecule has 1 heterocycles. The van der Waals surface area contributed by atoms with Crippen LogP contribution in [0.3, 0.4) is 0 Å². The lowest BCUT2D eigenvalue weighted by Gasteiger charge is -2.36. The van der Waals surface area contributed by atoms with Crippen LogP contribution in [0.1, 0.15) is 55.6 Å². The molecule has 5 rings (SSSR count). The SMILES string of the molecule is O=C(NC(CC(=O)N1CCC(C(=O)O)CC1)C1CCC1)OCC1c2ccccc2-c2ccccc21. The summed E-state index contributed by atoms with van der Waals surface area (Å²) < 4.78 is 5.72. The van der Waals surface area contributed by atoms with Gasteiger partial charge in [0.25, 0.3) is 0 Å². The molecule has 7 nitrogen and oxygen atoms in total. The first-order chi connectivity index (χ1) is 17.0. The lowest BCUT2D eigenvalue weighted by Crippen LogP contribution is -2.48. The average molecular weight is 477 g/mol. The van der Waals surface area contributed by atoms with E-state index in [1.165, 1.54) is 11.1 Å². The second-order valence-corrected chi connectivity index (χ2v) is 9.96. The largest absolute Gasteiger partial charge is 0.481 e. The Bertz CT molecular complexity index is 1060. The van der Waals surface area contributed by atoms with E-state index in [0.717, 1.165) is 30.4 Å². The molecule has 2 aromatic carbocycles. The predicted octanol–water partition coefficient (Wildman–Crippen LogP) is 4.41. The van der Waals surface area contributed by atoms with Crippen molar-refractivity contribution in [3.05, 3.63) is 59.7 Å². The number of aliphatic carboxylic acids is 1. The number of hydrogen-bond donors (Lipinski definition) is 2. The lowest BCUT2D eigenvalue weighted by atomic mass is 9.78. The minimum absolute atomic E-state index is 0.00698. The fraction of sp³-hybridized carbons (Fsp3) is 0.464. The Balaban J connectivity index is 1.19. The second-order valence-electron chi connectivity index (χ2n) is 9.96. The average Bonchev–Trinajstić information content (AvgIpc) is 3.15. The number of carbonyl (C=O) groups is 3. The molecule has 184 valence electrons. The maximum absolute atomic E-state index is 12.9. The van der Waals surface area contributed by atoms with Gasteiger partial charge in [0.1, 0.15) is 6.61 Å². The molecule has 1 aliphatic heterocycles. The minimum atomic E-state index is -0.790. The molecule has 1 saturated carbocycles. The monoisotopic (exact) mass is 476 g/mol. The number of carboxylic acids is 1. The van der Waals surface area contributed by atoms with E-state index in [1.807, 2.05) is 24.3 Å². The number of benzene rings is 2. The molecule has 0 radical (unpaired) electrons. The van der Waals surface area contributed by atoms with Gasteiger partial charge in [-0.3, -0.25) is 9.59 Å². The Morgan fingerprint density at radius 3 is 2.09 bits per heavy atom. The number of fused-ring (bicyclic) bond motifs is 3. The van der Waals surface area contributed by atoms with Gasteiger partial charge in [-0.2, -0.15) is 0 Å². The molecule has 2 aromatic rings. The van der Waals surface area contributed by atoms with Gasteiger partial charge in [0.2, 0.25) is 5.91 Å². The number of nitrogens with zero attached hydrogens (tertiary/aromatic N) is 1. The molecule has 1 saturated heterocycles. The summed E-state index contributed by atoms with van der Waals surface area (Å²) >= 11 is 0. The summed E-state index contributed by atoms with van der Waals surface area (Å²) in [6.07, 6.45) is 3.79. The van der Waals surface area contributed by atoms with Crippen LogP contribution in [0.25, 0.3) is 11.1 Å². The van der Waals surface area contributed by atoms with Crippen molar-refractivity contribution >= 4 is 18.0 Å². The second kappa shape index (κ2) is 10.1. The van der Waals surface area contributed by atoms with Crippen LogP contribution < -0.4 is 5.32 Å². The van der Waals surface area contributed by atoms with Crippen molar-refractivity contribution in [2.24, 2.45) is 11.8 Å². The van der Waals surface area contributed by atoms with Gasteiger partial charge in [-0.05, 0) is 53.9 Å². The van der Waals surface area contributed by atoms with Gasteiger partial charge in [-0.15, -0.1) is 0 Å². The summed E-state index contributed by atoms with van der Waals surface area (Å²) in [7, 11) is 0. The summed E-state index contributed by atoms with van der Waals surface area (Å²) in [5.41, 5.74) is 4.69. The summed E-state index contributed by atoms with van der Waals surface area (Å²) in [5, 5.41) is 12.2. The van der Waals surface area contributed by atoms with E-state index in [-0.39, 0.29) is 42.7 Å². The zero-order valence-electron chi connectivity index (χ0n) is 19.8. The van der Waals surface area contributed by atoms with E-state index in [2.05, 4.69) is 29.6 Å². The quantitative estimate of drug-likeness (QED) is 0.617. The van der Waals surface area contributed by atoms with Crippen LogP contribution in [0.4, 0.5) is 4.79 Å². The molecule has 35 heavy (non-hydrogen) atoms. The Morgan fingerprint density at radius 1 is 0.943 bits per heavy atom. The maximum Gasteiger partial charge on any atom is 0.407 e. The molecule has 1 unspecified atom stereocenters. The number of hydrogen-bond acceptors (Lipinski definition) is 4. The summed E-state index contributed by atoms with van der Waals surface area (Å²) in [6, 6.07) is 16.2. The van der Waals surface area contributed by atoms with Crippen LogP contribution >= 0.6 is 0 Å². The van der Waals surface area contributed by atoms with Gasteiger partial charge in [0, 0.05) is 31.5 Å². The standard InChI is InChI=1S/C28H32N2O5/c31-26(30-14-12-19(13-15-30)27(32)33)16-25(18-6-5-7-18)29-28(34)35-17-24-22-10-3-1-8-20(22)21-9-2-4-11-23(21)24/h1-4,8-11,18-19,24-25H,5-7,12-17H2,(H,29,34)(H,32,33). The number of nitrogens with one attached hydrogen (secondary N) is 1. The molecule has 2 aliphatic carbocycles. The third-order valence-electron chi connectivity index (χ3n) is 7.96. The fourth-order valence-corrected chi connectivity index (χ4v) is 5.66. The third kappa shape index (κ3) is 4.90. The van der Waals surface area contributed by atoms with Crippen molar-refractivity contribution in [1.29, 1.82) is 0 Å². The van der Waals surface area contributed by atoms with Crippen LogP contribution in [-0.2, 0) is 14.3 Å². The first kappa shape index (κ1) is 23.4. The normalized spacial score (nSPS) is 18.8. The highest BCUT2D eigenvalue weighted by atomic mass is 16.5. The number of piperidine rings is 1. The zero-order valence-corrected chi connectivity index (χ0v) is 19.8. The molecular formula is C28H32N2O5. The van der Waals surface area contributed by atoms with E-state index >= 15 is 0 Å². The van der Waals surface area contributed by atoms with Crippen LogP contribution in [0.2, 0.25) is 0 Å². The van der Waals surface area contributed by atoms with E-state index in [9.17, 15) is 19.5 Å². The molecule has 2 N–H and O–H groups in total. The lowest BCUT2D eigenvalue weighted by molar-refractivity contribution is -0.145. The zero-order chi connectivity index (χ0) is 24.4. The molecule has 0 spiro atoms. The Labute approximate surface area is 205 Å². The van der Waals surface area contributed by atoms with Gasteiger partial charge in [0.15, 0.2) is 0 Å². The molecule has 0 bridgehead atoms. The Hall–Kier alpha value is -3.35. The van der Waals surface area contributed by atoms with Gasteiger partial charge in [-0.1, -0.05) is 55.0 Å². The highest BCUT2D eigenvalue weighted by Gasteiger charge is 2.34. The van der Waals surface area contributed by atoms with Gasteiger partial charge < -0.3 is 20.1 Å². The van der Waals surface area contributed by atoms with E-state index in [1.54, 1.807) is 4.90 Å².